The Morgan fingerprint density at radius 2 is 1.70 bits per heavy atom. The van der Waals surface area contributed by atoms with Crippen molar-refractivity contribution in [3.8, 4) is 11.8 Å². The van der Waals surface area contributed by atoms with Gasteiger partial charge in [0.15, 0.2) is 0 Å². The molecule has 20 heavy (non-hydrogen) atoms. The molecule has 0 aliphatic rings. The van der Waals surface area contributed by atoms with Crippen molar-refractivity contribution in [1.29, 1.82) is 5.26 Å². The van der Waals surface area contributed by atoms with Crippen LogP contribution in [-0.4, -0.2) is 7.11 Å². The van der Waals surface area contributed by atoms with Crippen molar-refractivity contribution < 1.29 is 9.47 Å². The molecule has 0 spiro atoms. The minimum atomic E-state index is 0.463. The predicted molar refractivity (Wildman–Crippen MR) is 77.7 cm³/mol. The van der Waals surface area contributed by atoms with E-state index in [2.05, 4.69) is 6.07 Å². The fourth-order valence-corrected chi connectivity index (χ4v) is 1.91. The van der Waals surface area contributed by atoms with Crippen LogP contribution in [0.1, 0.15) is 16.7 Å². The third-order valence-corrected chi connectivity index (χ3v) is 3.09. The number of rotatable bonds is 5. The molecule has 0 bridgehead atoms. The van der Waals surface area contributed by atoms with Crippen LogP contribution in [0.4, 0.5) is 0 Å². The first-order valence-electron chi connectivity index (χ1n) is 6.12. The third-order valence-electron chi connectivity index (χ3n) is 2.84. The fourth-order valence-electron chi connectivity index (χ4n) is 1.79. The van der Waals surface area contributed by atoms with Crippen molar-refractivity contribution in [1.82, 2.24) is 0 Å². The number of ether oxygens (including phenoxy) is 2. The van der Waals surface area contributed by atoms with Crippen LogP contribution in [0.25, 0.3) is 0 Å². The van der Waals surface area contributed by atoms with E-state index < -0.39 is 0 Å². The molecule has 102 valence electrons. The van der Waals surface area contributed by atoms with E-state index in [9.17, 15) is 0 Å². The van der Waals surface area contributed by atoms with Crippen LogP contribution in [0.5, 0.6) is 5.75 Å². The summed E-state index contributed by atoms with van der Waals surface area (Å²) in [6.45, 7) is 0.976. The van der Waals surface area contributed by atoms with Crippen molar-refractivity contribution >= 4 is 11.6 Å². The molecule has 0 heterocycles. The Bertz CT molecular complexity index is 617. The lowest BCUT2D eigenvalue weighted by Crippen LogP contribution is -1.96. The molecule has 0 unspecified atom stereocenters. The van der Waals surface area contributed by atoms with E-state index in [0.717, 1.165) is 11.1 Å². The maximum atomic E-state index is 8.92. The van der Waals surface area contributed by atoms with E-state index in [-0.39, 0.29) is 0 Å². The van der Waals surface area contributed by atoms with Crippen LogP contribution in [0.2, 0.25) is 5.02 Å². The van der Waals surface area contributed by atoms with Gasteiger partial charge in [-0.2, -0.15) is 5.26 Å². The van der Waals surface area contributed by atoms with Crippen molar-refractivity contribution in [3.05, 3.63) is 64.2 Å². The molecule has 4 heteroatoms. The van der Waals surface area contributed by atoms with E-state index in [0.29, 0.717) is 29.5 Å². The van der Waals surface area contributed by atoms with Gasteiger partial charge < -0.3 is 9.47 Å². The van der Waals surface area contributed by atoms with Crippen LogP contribution in [0.15, 0.2) is 42.5 Å². The zero-order valence-electron chi connectivity index (χ0n) is 11.1. The number of halogens is 1. The van der Waals surface area contributed by atoms with Gasteiger partial charge in [0.05, 0.1) is 25.9 Å². The summed E-state index contributed by atoms with van der Waals surface area (Å²) >= 11 is 5.82. The molecule has 0 fully saturated rings. The summed E-state index contributed by atoms with van der Waals surface area (Å²) in [6.07, 6.45) is 0. The highest BCUT2D eigenvalue weighted by molar-refractivity contribution is 6.30. The van der Waals surface area contributed by atoms with Crippen LogP contribution in [0, 0.1) is 11.3 Å². The predicted octanol–water partition coefficient (Wildman–Crippen LogP) is 3.94. The summed E-state index contributed by atoms with van der Waals surface area (Å²) in [5, 5.41) is 9.63. The first-order valence-corrected chi connectivity index (χ1v) is 6.50. The fraction of sp³-hybridized carbons (Fsp3) is 0.188. The van der Waals surface area contributed by atoms with E-state index in [1.807, 2.05) is 36.4 Å². The minimum absolute atomic E-state index is 0.463. The molecule has 2 rings (SSSR count). The number of hydrogen-bond acceptors (Lipinski definition) is 3. The van der Waals surface area contributed by atoms with Gasteiger partial charge in [-0.3, -0.25) is 0 Å². The number of nitrogens with zero attached hydrogens (tertiary/aromatic N) is 1. The molecule has 0 aliphatic carbocycles. The monoisotopic (exact) mass is 287 g/mol. The lowest BCUT2D eigenvalue weighted by atomic mass is 10.1. The Kier molecular flexibility index (Phi) is 5.00. The average Bonchev–Trinajstić information content (AvgIpc) is 2.49. The largest absolute Gasteiger partial charge is 0.495 e. The van der Waals surface area contributed by atoms with E-state index in [4.69, 9.17) is 26.3 Å². The molecule has 0 aliphatic heterocycles. The van der Waals surface area contributed by atoms with Gasteiger partial charge in [0, 0.05) is 5.02 Å². The van der Waals surface area contributed by atoms with Gasteiger partial charge in [-0.15, -0.1) is 0 Å². The Morgan fingerprint density at radius 1 is 1.05 bits per heavy atom. The quantitative estimate of drug-likeness (QED) is 0.836. The molecular formula is C16H14ClNO2. The Balaban J connectivity index is 1.94. The van der Waals surface area contributed by atoms with Gasteiger partial charge >= 0.3 is 0 Å². The zero-order valence-corrected chi connectivity index (χ0v) is 11.9. The Morgan fingerprint density at radius 3 is 2.35 bits per heavy atom. The first kappa shape index (κ1) is 14.4. The Labute approximate surface area is 123 Å². The summed E-state index contributed by atoms with van der Waals surface area (Å²) < 4.78 is 10.8. The van der Waals surface area contributed by atoms with Crippen molar-refractivity contribution in [2.45, 2.75) is 13.2 Å². The summed E-state index contributed by atoms with van der Waals surface area (Å²) in [5.74, 6) is 0.570. The summed E-state index contributed by atoms with van der Waals surface area (Å²) in [5.41, 5.74) is 2.55. The van der Waals surface area contributed by atoms with Gasteiger partial charge in [-0.1, -0.05) is 29.8 Å². The summed E-state index contributed by atoms with van der Waals surface area (Å²) in [4.78, 5) is 0. The van der Waals surface area contributed by atoms with Crippen LogP contribution in [0.3, 0.4) is 0 Å². The molecule has 0 N–H and O–H groups in total. The topological polar surface area (TPSA) is 42.2 Å². The number of methoxy groups -OCH3 is 1. The van der Waals surface area contributed by atoms with Crippen LogP contribution >= 0.6 is 11.6 Å². The van der Waals surface area contributed by atoms with Gasteiger partial charge in [0.25, 0.3) is 0 Å². The van der Waals surface area contributed by atoms with Crippen molar-refractivity contribution in [2.24, 2.45) is 0 Å². The number of nitriles is 1. The van der Waals surface area contributed by atoms with Gasteiger partial charge in [-0.05, 0) is 35.4 Å². The van der Waals surface area contributed by atoms with E-state index >= 15 is 0 Å². The molecule has 3 nitrogen and oxygen atoms in total. The normalized spacial score (nSPS) is 10.1. The lowest BCUT2D eigenvalue weighted by molar-refractivity contribution is 0.107. The standard InChI is InChI=1S/C16H14ClNO2/c1-19-16-8-13(2-5-14(16)9-18)11-20-10-12-3-6-15(17)7-4-12/h2-8H,10-11H2,1H3. The molecule has 0 saturated carbocycles. The van der Waals surface area contributed by atoms with Crippen molar-refractivity contribution in [2.75, 3.05) is 7.11 Å². The zero-order chi connectivity index (χ0) is 14.4. The average molecular weight is 288 g/mol. The Hall–Kier alpha value is -2.02. The first-order chi connectivity index (χ1) is 9.72. The molecule has 0 aromatic heterocycles. The minimum Gasteiger partial charge on any atom is -0.495 e. The molecule has 0 amide bonds. The maximum Gasteiger partial charge on any atom is 0.136 e. The second-order valence-corrected chi connectivity index (χ2v) is 4.70. The van der Waals surface area contributed by atoms with E-state index in [1.54, 1.807) is 13.2 Å². The maximum absolute atomic E-state index is 8.92. The van der Waals surface area contributed by atoms with Gasteiger partial charge in [0.2, 0.25) is 0 Å². The molecule has 2 aromatic rings. The van der Waals surface area contributed by atoms with Gasteiger partial charge in [-0.25, -0.2) is 0 Å². The summed E-state index contributed by atoms with van der Waals surface area (Å²) in [6, 6.07) is 15.0. The third kappa shape index (κ3) is 3.74. The smallest absolute Gasteiger partial charge is 0.136 e. The number of hydrogen-bond donors (Lipinski definition) is 0. The van der Waals surface area contributed by atoms with Crippen molar-refractivity contribution in [3.63, 3.8) is 0 Å². The molecule has 0 radical (unpaired) electrons. The SMILES string of the molecule is COc1cc(COCc2ccc(Cl)cc2)ccc1C#N. The summed E-state index contributed by atoms with van der Waals surface area (Å²) in [7, 11) is 1.55. The highest BCUT2D eigenvalue weighted by atomic mass is 35.5. The second kappa shape index (κ2) is 6.95. The van der Waals surface area contributed by atoms with Crippen LogP contribution < -0.4 is 4.74 Å². The van der Waals surface area contributed by atoms with E-state index in [1.165, 1.54) is 0 Å². The lowest BCUT2D eigenvalue weighted by Gasteiger charge is -2.07. The molecular weight excluding hydrogens is 274 g/mol. The second-order valence-electron chi connectivity index (χ2n) is 4.27. The highest BCUT2D eigenvalue weighted by Crippen LogP contribution is 2.20. The van der Waals surface area contributed by atoms with Crippen LogP contribution in [-0.2, 0) is 18.0 Å². The molecule has 2 aromatic carbocycles. The highest BCUT2D eigenvalue weighted by Gasteiger charge is 2.04. The number of benzene rings is 2. The molecule has 0 atom stereocenters. The van der Waals surface area contributed by atoms with Gasteiger partial charge in [0.1, 0.15) is 11.8 Å². The molecule has 0 saturated heterocycles.